The lowest BCUT2D eigenvalue weighted by molar-refractivity contribution is 0.581. The van der Waals surface area contributed by atoms with Gasteiger partial charge in [0.25, 0.3) is 0 Å². The molecule has 0 atom stereocenters. The van der Waals surface area contributed by atoms with Gasteiger partial charge in [0.1, 0.15) is 0 Å². The van der Waals surface area contributed by atoms with E-state index in [1.807, 2.05) is 30.3 Å². The van der Waals surface area contributed by atoms with Crippen LogP contribution in [0.3, 0.4) is 0 Å². The summed E-state index contributed by atoms with van der Waals surface area (Å²) in [6.07, 6.45) is 3.36. The molecule has 0 aliphatic rings. The molecule has 6 heteroatoms. The zero-order valence-corrected chi connectivity index (χ0v) is 13.1. The van der Waals surface area contributed by atoms with Gasteiger partial charge in [0.2, 0.25) is 10.0 Å². The fourth-order valence-corrected chi connectivity index (χ4v) is 3.09. The lowest BCUT2D eigenvalue weighted by Gasteiger charge is -2.07. The Kier molecular flexibility index (Phi) is 4.45. The third kappa shape index (κ3) is 3.80. The molecule has 116 valence electrons. The van der Waals surface area contributed by atoms with E-state index in [0.29, 0.717) is 0 Å². The summed E-state index contributed by atoms with van der Waals surface area (Å²) in [4.78, 5) is 8.80. The van der Waals surface area contributed by atoms with Crippen LogP contribution in [-0.2, 0) is 16.6 Å². The zero-order valence-electron chi connectivity index (χ0n) is 12.3. The summed E-state index contributed by atoms with van der Waals surface area (Å²) in [7, 11) is -3.51. The molecule has 0 radical (unpaired) electrons. The highest BCUT2D eigenvalue weighted by Gasteiger charge is 2.12. The van der Waals surface area contributed by atoms with Crippen molar-refractivity contribution in [2.24, 2.45) is 0 Å². The monoisotopic (exact) mass is 325 g/mol. The van der Waals surface area contributed by atoms with Crippen LogP contribution in [0.25, 0.3) is 11.4 Å². The lowest BCUT2D eigenvalue weighted by Crippen LogP contribution is -2.23. The van der Waals surface area contributed by atoms with Gasteiger partial charge in [-0.1, -0.05) is 30.3 Å². The highest BCUT2D eigenvalue weighted by molar-refractivity contribution is 7.89. The number of hydrogen-bond donors (Lipinski definition) is 1. The Morgan fingerprint density at radius 3 is 2.22 bits per heavy atom. The first-order chi connectivity index (χ1) is 11.1. The van der Waals surface area contributed by atoms with E-state index in [2.05, 4.69) is 14.7 Å². The summed E-state index contributed by atoms with van der Waals surface area (Å²) in [5.41, 5.74) is 2.31. The van der Waals surface area contributed by atoms with E-state index in [9.17, 15) is 8.42 Å². The number of aromatic nitrogens is 2. The fourth-order valence-electron chi connectivity index (χ4n) is 2.06. The van der Waals surface area contributed by atoms with Crippen molar-refractivity contribution < 1.29 is 8.42 Å². The van der Waals surface area contributed by atoms with Crippen molar-refractivity contribution in [2.45, 2.75) is 11.4 Å². The van der Waals surface area contributed by atoms with E-state index in [0.717, 1.165) is 17.0 Å². The number of sulfonamides is 1. The van der Waals surface area contributed by atoms with E-state index < -0.39 is 10.0 Å². The Bertz CT molecular complexity index is 865. The number of benzene rings is 1. The molecule has 1 N–H and O–H groups in total. The van der Waals surface area contributed by atoms with Crippen molar-refractivity contribution in [3.05, 3.63) is 78.6 Å². The van der Waals surface area contributed by atoms with Gasteiger partial charge in [-0.3, -0.25) is 9.97 Å². The molecule has 0 fully saturated rings. The maximum Gasteiger partial charge on any atom is 0.240 e. The van der Waals surface area contributed by atoms with Crippen LogP contribution >= 0.6 is 0 Å². The maximum absolute atomic E-state index is 12.2. The largest absolute Gasteiger partial charge is 0.255 e. The predicted octanol–water partition coefficient (Wildman–Crippen LogP) is 2.62. The number of nitrogens with one attached hydrogen (secondary N) is 1. The summed E-state index contributed by atoms with van der Waals surface area (Å²) >= 11 is 0. The SMILES string of the molecule is O=S(=O)(NCc1ccc(-c2ccccn2)nc1)c1ccccc1. The van der Waals surface area contributed by atoms with Gasteiger partial charge in [0.15, 0.2) is 0 Å². The minimum Gasteiger partial charge on any atom is -0.255 e. The average Bonchev–Trinajstić information content (AvgIpc) is 2.62. The fraction of sp³-hybridized carbons (Fsp3) is 0.0588. The Balaban J connectivity index is 1.70. The van der Waals surface area contributed by atoms with Gasteiger partial charge in [-0.05, 0) is 35.9 Å². The van der Waals surface area contributed by atoms with Gasteiger partial charge in [-0.2, -0.15) is 0 Å². The van der Waals surface area contributed by atoms with Gasteiger partial charge in [0.05, 0.1) is 16.3 Å². The molecule has 23 heavy (non-hydrogen) atoms. The standard InChI is InChI=1S/C17H15N3O2S/c21-23(22,15-6-2-1-3-7-15)20-13-14-9-10-17(19-12-14)16-8-4-5-11-18-16/h1-12,20H,13H2. The summed E-state index contributed by atoms with van der Waals surface area (Å²) in [5, 5.41) is 0. The average molecular weight is 325 g/mol. The second-order valence-electron chi connectivity index (χ2n) is 4.90. The molecule has 0 bridgehead atoms. The third-order valence-electron chi connectivity index (χ3n) is 3.27. The van der Waals surface area contributed by atoms with Gasteiger partial charge in [0, 0.05) is 18.9 Å². The third-order valence-corrected chi connectivity index (χ3v) is 4.69. The normalized spacial score (nSPS) is 11.3. The molecule has 5 nitrogen and oxygen atoms in total. The van der Waals surface area contributed by atoms with Crippen molar-refractivity contribution in [3.63, 3.8) is 0 Å². The molecule has 0 spiro atoms. The Morgan fingerprint density at radius 2 is 1.57 bits per heavy atom. The first kappa shape index (κ1) is 15.3. The summed E-state index contributed by atoms with van der Waals surface area (Å²) in [5.74, 6) is 0. The summed E-state index contributed by atoms with van der Waals surface area (Å²) in [6.45, 7) is 0.187. The van der Waals surface area contributed by atoms with Crippen LogP contribution in [0.1, 0.15) is 5.56 Å². The molecule has 3 rings (SSSR count). The second-order valence-corrected chi connectivity index (χ2v) is 6.67. The molecule has 1 aromatic carbocycles. The van der Waals surface area contributed by atoms with Crippen LogP contribution in [-0.4, -0.2) is 18.4 Å². The minimum atomic E-state index is -3.51. The molecule has 0 saturated heterocycles. The van der Waals surface area contributed by atoms with E-state index in [4.69, 9.17) is 0 Å². The minimum absolute atomic E-state index is 0.187. The quantitative estimate of drug-likeness (QED) is 0.783. The molecular weight excluding hydrogens is 310 g/mol. The predicted molar refractivity (Wildman–Crippen MR) is 87.9 cm³/mol. The van der Waals surface area contributed by atoms with Crippen molar-refractivity contribution in [1.29, 1.82) is 0 Å². The van der Waals surface area contributed by atoms with E-state index in [1.165, 1.54) is 0 Å². The van der Waals surface area contributed by atoms with Crippen LogP contribution in [0, 0.1) is 0 Å². The highest BCUT2D eigenvalue weighted by Crippen LogP contribution is 2.14. The molecule has 2 heterocycles. The van der Waals surface area contributed by atoms with E-state index >= 15 is 0 Å². The molecule has 0 amide bonds. The van der Waals surface area contributed by atoms with E-state index in [1.54, 1.807) is 42.7 Å². The number of pyridine rings is 2. The molecule has 2 aromatic heterocycles. The van der Waals surface area contributed by atoms with Crippen LogP contribution in [0.5, 0.6) is 0 Å². The second kappa shape index (κ2) is 6.68. The maximum atomic E-state index is 12.2. The summed E-state index contributed by atoms with van der Waals surface area (Å²) in [6, 6.07) is 17.6. The van der Waals surface area contributed by atoms with Gasteiger partial charge < -0.3 is 0 Å². The smallest absolute Gasteiger partial charge is 0.240 e. The van der Waals surface area contributed by atoms with Crippen molar-refractivity contribution >= 4 is 10.0 Å². The Labute approximate surface area is 135 Å². The van der Waals surface area contributed by atoms with E-state index in [-0.39, 0.29) is 11.4 Å². The molecule has 3 aromatic rings. The number of rotatable bonds is 5. The van der Waals surface area contributed by atoms with Crippen molar-refractivity contribution in [1.82, 2.24) is 14.7 Å². The van der Waals surface area contributed by atoms with Crippen molar-refractivity contribution in [2.75, 3.05) is 0 Å². The molecule has 0 unspecified atom stereocenters. The highest BCUT2D eigenvalue weighted by atomic mass is 32.2. The van der Waals surface area contributed by atoms with Crippen LogP contribution < -0.4 is 4.72 Å². The first-order valence-electron chi connectivity index (χ1n) is 7.06. The first-order valence-corrected chi connectivity index (χ1v) is 8.54. The van der Waals surface area contributed by atoms with Crippen LogP contribution in [0.4, 0.5) is 0 Å². The van der Waals surface area contributed by atoms with Crippen LogP contribution in [0.2, 0.25) is 0 Å². The molecule has 0 saturated carbocycles. The molecular formula is C17H15N3O2S. The lowest BCUT2D eigenvalue weighted by atomic mass is 10.2. The zero-order chi connectivity index (χ0) is 16.1. The van der Waals surface area contributed by atoms with Gasteiger partial charge >= 0.3 is 0 Å². The van der Waals surface area contributed by atoms with Gasteiger partial charge in [-0.15, -0.1) is 0 Å². The Hall–Kier alpha value is -2.57. The molecule has 0 aliphatic carbocycles. The van der Waals surface area contributed by atoms with Crippen molar-refractivity contribution in [3.8, 4) is 11.4 Å². The van der Waals surface area contributed by atoms with Gasteiger partial charge in [-0.25, -0.2) is 13.1 Å². The number of nitrogens with zero attached hydrogens (tertiary/aromatic N) is 2. The topological polar surface area (TPSA) is 72.0 Å². The number of hydrogen-bond acceptors (Lipinski definition) is 4. The molecule has 0 aliphatic heterocycles. The van der Waals surface area contributed by atoms with Crippen LogP contribution in [0.15, 0.2) is 78.0 Å². The summed E-state index contributed by atoms with van der Waals surface area (Å²) < 4.78 is 26.9. The Morgan fingerprint density at radius 1 is 0.826 bits per heavy atom.